The minimum atomic E-state index is -0.516. The summed E-state index contributed by atoms with van der Waals surface area (Å²) in [5.41, 5.74) is 0. The zero-order valence-electron chi connectivity index (χ0n) is 16.8. The van der Waals surface area contributed by atoms with Crippen LogP contribution in [0.1, 0.15) is 110 Å². The van der Waals surface area contributed by atoms with Gasteiger partial charge in [-0.05, 0) is 38.5 Å². The standard InChI is InChI=1S/C22H42O3/c1-3-5-6-7-8-9-10-11-12-13-14-15-16-17-18-19-22(24)25-20-21(23)4-2/h11-12,21,23H,3-10,13-20H2,1-2H3/b12-11+. The van der Waals surface area contributed by atoms with Crippen LogP contribution in [0.3, 0.4) is 0 Å². The third-order valence-electron chi connectivity index (χ3n) is 4.55. The van der Waals surface area contributed by atoms with Gasteiger partial charge < -0.3 is 9.84 Å². The van der Waals surface area contributed by atoms with E-state index in [0.29, 0.717) is 12.8 Å². The Morgan fingerprint density at radius 1 is 0.840 bits per heavy atom. The fraction of sp³-hybridized carbons (Fsp3) is 0.864. The summed E-state index contributed by atoms with van der Waals surface area (Å²) in [5, 5.41) is 9.33. The van der Waals surface area contributed by atoms with Gasteiger partial charge in [0.1, 0.15) is 6.61 Å². The second-order valence-electron chi connectivity index (χ2n) is 7.08. The van der Waals surface area contributed by atoms with E-state index in [1.54, 1.807) is 0 Å². The first-order chi connectivity index (χ1) is 12.2. The predicted octanol–water partition coefficient (Wildman–Crippen LogP) is 6.34. The van der Waals surface area contributed by atoms with Crippen LogP contribution in [0.25, 0.3) is 0 Å². The molecule has 0 heterocycles. The number of rotatable bonds is 18. The summed E-state index contributed by atoms with van der Waals surface area (Å²) in [6.45, 7) is 4.28. The van der Waals surface area contributed by atoms with E-state index in [-0.39, 0.29) is 12.6 Å². The van der Waals surface area contributed by atoms with Crippen LogP contribution in [0.2, 0.25) is 0 Å². The molecule has 0 aromatic rings. The SMILES string of the molecule is CCCCCCCC/C=C/CCCCCCCC(=O)OCC(O)CC. The first-order valence-corrected chi connectivity index (χ1v) is 10.7. The van der Waals surface area contributed by atoms with Crippen LogP contribution >= 0.6 is 0 Å². The molecule has 0 aliphatic rings. The number of esters is 1. The number of unbranched alkanes of at least 4 members (excludes halogenated alkanes) is 11. The topological polar surface area (TPSA) is 46.5 Å². The molecule has 1 N–H and O–H groups in total. The number of ether oxygens (including phenoxy) is 1. The largest absolute Gasteiger partial charge is 0.463 e. The van der Waals surface area contributed by atoms with Gasteiger partial charge in [-0.15, -0.1) is 0 Å². The molecule has 0 saturated heterocycles. The van der Waals surface area contributed by atoms with Gasteiger partial charge in [-0.2, -0.15) is 0 Å². The molecule has 0 aliphatic heterocycles. The van der Waals surface area contributed by atoms with Crippen molar-refractivity contribution in [3.63, 3.8) is 0 Å². The van der Waals surface area contributed by atoms with Gasteiger partial charge in [0.05, 0.1) is 6.10 Å². The number of carbonyl (C=O) groups is 1. The smallest absolute Gasteiger partial charge is 0.305 e. The number of aliphatic hydroxyl groups excluding tert-OH is 1. The quantitative estimate of drug-likeness (QED) is 0.177. The van der Waals surface area contributed by atoms with Gasteiger partial charge in [-0.3, -0.25) is 4.79 Å². The summed E-state index contributed by atoms with van der Waals surface area (Å²) in [5.74, 6) is -0.176. The Labute approximate surface area is 156 Å². The third-order valence-corrected chi connectivity index (χ3v) is 4.55. The van der Waals surface area contributed by atoms with Crippen LogP contribution in [0.4, 0.5) is 0 Å². The molecular formula is C22H42O3. The van der Waals surface area contributed by atoms with Crippen LogP contribution in [0.5, 0.6) is 0 Å². The average molecular weight is 355 g/mol. The molecule has 0 aromatic carbocycles. The highest BCUT2D eigenvalue weighted by Gasteiger charge is 2.06. The number of carbonyl (C=O) groups excluding carboxylic acids is 1. The van der Waals surface area contributed by atoms with Crippen molar-refractivity contribution in [2.24, 2.45) is 0 Å². The molecule has 148 valence electrons. The Bertz CT molecular complexity index is 312. The molecule has 0 amide bonds. The maximum Gasteiger partial charge on any atom is 0.305 e. The Hall–Kier alpha value is -0.830. The predicted molar refractivity (Wildman–Crippen MR) is 107 cm³/mol. The van der Waals surface area contributed by atoms with E-state index >= 15 is 0 Å². The van der Waals surface area contributed by atoms with E-state index in [0.717, 1.165) is 12.8 Å². The first kappa shape index (κ1) is 24.2. The van der Waals surface area contributed by atoms with Gasteiger partial charge in [0, 0.05) is 6.42 Å². The zero-order chi connectivity index (χ0) is 18.6. The number of hydrogen-bond donors (Lipinski definition) is 1. The summed E-state index contributed by atoms with van der Waals surface area (Å²) < 4.78 is 5.02. The second kappa shape index (κ2) is 19.5. The van der Waals surface area contributed by atoms with Gasteiger partial charge >= 0.3 is 5.97 Å². The average Bonchev–Trinajstić information content (AvgIpc) is 2.62. The molecule has 0 rings (SSSR count). The number of aliphatic hydroxyl groups is 1. The van der Waals surface area contributed by atoms with Crippen LogP contribution in [-0.4, -0.2) is 23.8 Å². The van der Waals surface area contributed by atoms with Crippen LogP contribution in [-0.2, 0) is 9.53 Å². The summed E-state index contributed by atoms with van der Waals surface area (Å²) >= 11 is 0. The molecule has 0 radical (unpaired) electrons. The van der Waals surface area contributed by atoms with Crippen molar-refractivity contribution in [2.45, 2.75) is 116 Å². The Balaban J connectivity index is 3.22. The Kier molecular flexibility index (Phi) is 18.8. The van der Waals surface area contributed by atoms with E-state index in [2.05, 4.69) is 19.1 Å². The highest BCUT2D eigenvalue weighted by atomic mass is 16.5. The van der Waals surface area contributed by atoms with Crippen molar-refractivity contribution in [3.8, 4) is 0 Å². The summed E-state index contributed by atoms with van der Waals surface area (Å²) in [6.07, 6.45) is 21.6. The van der Waals surface area contributed by atoms with Gasteiger partial charge in [0.15, 0.2) is 0 Å². The van der Waals surface area contributed by atoms with Crippen molar-refractivity contribution < 1.29 is 14.6 Å². The van der Waals surface area contributed by atoms with Crippen LogP contribution < -0.4 is 0 Å². The van der Waals surface area contributed by atoms with E-state index in [4.69, 9.17) is 4.74 Å². The van der Waals surface area contributed by atoms with Gasteiger partial charge in [-0.25, -0.2) is 0 Å². The number of hydrogen-bond acceptors (Lipinski definition) is 3. The van der Waals surface area contributed by atoms with Gasteiger partial charge in [-0.1, -0.05) is 77.4 Å². The lowest BCUT2D eigenvalue weighted by atomic mass is 10.1. The normalized spacial score (nSPS) is 12.6. The van der Waals surface area contributed by atoms with E-state index in [9.17, 15) is 9.90 Å². The minimum absolute atomic E-state index is 0.139. The Morgan fingerprint density at radius 3 is 1.92 bits per heavy atom. The number of allylic oxidation sites excluding steroid dienone is 2. The molecule has 0 aromatic heterocycles. The van der Waals surface area contributed by atoms with E-state index in [1.165, 1.54) is 70.6 Å². The first-order valence-electron chi connectivity index (χ1n) is 10.7. The van der Waals surface area contributed by atoms with Crippen molar-refractivity contribution >= 4 is 5.97 Å². The maximum absolute atomic E-state index is 11.5. The molecule has 0 fully saturated rings. The second-order valence-corrected chi connectivity index (χ2v) is 7.08. The summed E-state index contributed by atoms with van der Waals surface area (Å²) in [7, 11) is 0. The molecule has 25 heavy (non-hydrogen) atoms. The zero-order valence-corrected chi connectivity index (χ0v) is 16.8. The lowest BCUT2D eigenvalue weighted by Gasteiger charge is -2.08. The van der Waals surface area contributed by atoms with Gasteiger partial charge in [0.25, 0.3) is 0 Å². The summed E-state index contributed by atoms with van der Waals surface area (Å²) in [4.78, 5) is 11.5. The minimum Gasteiger partial charge on any atom is -0.463 e. The molecule has 0 aliphatic carbocycles. The molecule has 1 unspecified atom stereocenters. The van der Waals surface area contributed by atoms with Crippen molar-refractivity contribution in [1.29, 1.82) is 0 Å². The summed E-state index contributed by atoms with van der Waals surface area (Å²) in [6, 6.07) is 0. The van der Waals surface area contributed by atoms with Crippen LogP contribution in [0.15, 0.2) is 12.2 Å². The highest BCUT2D eigenvalue weighted by molar-refractivity contribution is 5.69. The van der Waals surface area contributed by atoms with E-state index < -0.39 is 6.10 Å². The fourth-order valence-corrected chi connectivity index (χ4v) is 2.72. The lowest BCUT2D eigenvalue weighted by molar-refractivity contribution is -0.146. The lowest BCUT2D eigenvalue weighted by Crippen LogP contribution is -2.17. The van der Waals surface area contributed by atoms with Crippen molar-refractivity contribution in [3.05, 3.63) is 12.2 Å². The molecule has 0 saturated carbocycles. The Morgan fingerprint density at radius 2 is 1.36 bits per heavy atom. The monoisotopic (exact) mass is 354 g/mol. The molecule has 0 spiro atoms. The van der Waals surface area contributed by atoms with Crippen molar-refractivity contribution in [1.82, 2.24) is 0 Å². The van der Waals surface area contributed by atoms with Crippen LogP contribution in [0, 0.1) is 0 Å². The fourth-order valence-electron chi connectivity index (χ4n) is 2.72. The molecule has 3 nitrogen and oxygen atoms in total. The molecule has 3 heteroatoms. The molecule has 1 atom stereocenters. The molecular weight excluding hydrogens is 312 g/mol. The van der Waals surface area contributed by atoms with Gasteiger partial charge in [0.2, 0.25) is 0 Å². The highest BCUT2D eigenvalue weighted by Crippen LogP contribution is 2.10. The van der Waals surface area contributed by atoms with E-state index in [1.807, 2.05) is 6.92 Å². The maximum atomic E-state index is 11.5. The third kappa shape index (κ3) is 19.3. The molecule has 0 bridgehead atoms. The van der Waals surface area contributed by atoms with Crippen molar-refractivity contribution in [2.75, 3.05) is 6.61 Å².